The first-order chi connectivity index (χ1) is 11.0. The fourth-order valence-corrected chi connectivity index (χ4v) is 2.73. The normalized spacial score (nSPS) is 12.7. The van der Waals surface area contributed by atoms with Crippen LogP contribution in [0.3, 0.4) is 0 Å². The highest BCUT2D eigenvalue weighted by Gasteiger charge is 2.11. The molecule has 23 heavy (non-hydrogen) atoms. The van der Waals surface area contributed by atoms with Crippen LogP contribution in [0.15, 0.2) is 21.6 Å². The Labute approximate surface area is 146 Å². The molecule has 1 aromatic rings. The Hall–Kier alpha value is -1.47. The Bertz CT molecular complexity index is 524. The maximum atomic E-state index is 5.36. The monoisotopic (exact) mass is 387 g/mol. The molecular weight excluding hydrogens is 362 g/mol. The van der Waals surface area contributed by atoms with E-state index in [1.165, 1.54) is 0 Å². The van der Waals surface area contributed by atoms with Crippen molar-refractivity contribution in [3.8, 4) is 11.5 Å². The molecule has 0 radical (unpaired) electrons. The van der Waals surface area contributed by atoms with Crippen molar-refractivity contribution in [3.05, 3.63) is 22.2 Å². The summed E-state index contributed by atoms with van der Waals surface area (Å²) in [5, 5.41) is 6.52. The molecule has 1 aromatic carbocycles. The van der Waals surface area contributed by atoms with E-state index in [0.717, 1.165) is 22.5 Å². The highest BCUT2D eigenvalue weighted by Crippen LogP contribution is 2.36. The average molecular weight is 388 g/mol. The second kappa shape index (κ2) is 10.3. The molecule has 0 saturated carbocycles. The van der Waals surface area contributed by atoms with Gasteiger partial charge in [0.2, 0.25) is 0 Å². The van der Waals surface area contributed by atoms with Crippen molar-refractivity contribution < 1.29 is 14.2 Å². The summed E-state index contributed by atoms with van der Waals surface area (Å²) in [7, 11) is 4.92. The summed E-state index contributed by atoms with van der Waals surface area (Å²) < 4.78 is 16.7. The number of nitrogens with one attached hydrogen (secondary N) is 2. The third kappa shape index (κ3) is 6.27. The van der Waals surface area contributed by atoms with Crippen LogP contribution in [0.5, 0.6) is 11.5 Å². The first-order valence-corrected chi connectivity index (χ1v) is 8.29. The minimum absolute atomic E-state index is 0.176. The van der Waals surface area contributed by atoms with Gasteiger partial charge in [0.25, 0.3) is 0 Å². The van der Waals surface area contributed by atoms with Crippen molar-refractivity contribution in [2.45, 2.75) is 26.4 Å². The number of methoxy groups -OCH3 is 3. The lowest BCUT2D eigenvalue weighted by atomic mass is 10.2. The van der Waals surface area contributed by atoms with E-state index in [4.69, 9.17) is 14.2 Å². The second-order valence-electron chi connectivity index (χ2n) is 5.01. The van der Waals surface area contributed by atoms with Gasteiger partial charge >= 0.3 is 0 Å². The molecule has 0 fully saturated rings. The van der Waals surface area contributed by atoms with Crippen LogP contribution in [0.25, 0.3) is 0 Å². The summed E-state index contributed by atoms with van der Waals surface area (Å²) in [4.78, 5) is 4.60. The molecule has 7 heteroatoms. The van der Waals surface area contributed by atoms with Crippen LogP contribution in [-0.4, -0.2) is 46.5 Å². The van der Waals surface area contributed by atoms with Gasteiger partial charge in [-0.1, -0.05) is 0 Å². The minimum atomic E-state index is 0.176. The standard InChI is InChI=1S/C16H26BrN3O3/c1-6-18-16(20-11(2)10-21-3)19-9-12-7-13(17)15(23-5)14(8-12)22-4/h7-8,11H,6,9-10H2,1-5H3,(H2,18,19,20). The molecule has 0 spiro atoms. The van der Waals surface area contributed by atoms with Gasteiger partial charge in [0.05, 0.1) is 31.8 Å². The third-order valence-electron chi connectivity index (χ3n) is 3.06. The molecule has 0 bridgehead atoms. The zero-order valence-corrected chi connectivity index (χ0v) is 16.0. The minimum Gasteiger partial charge on any atom is -0.493 e. The molecule has 1 rings (SSSR count). The molecule has 0 aromatic heterocycles. The van der Waals surface area contributed by atoms with Crippen LogP contribution >= 0.6 is 15.9 Å². The number of halogens is 1. The average Bonchev–Trinajstić information content (AvgIpc) is 2.52. The first kappa shape index (κ1) is 19.6. The van der Waals surface area contributed by atoms with Crippen LogP contribution < -0.4 is 20.1 Å². The lowest BCUT2D eigenvalue weighted by Crippen LogP contribution is -2.43. The van der Waals surface area contributed by atoms with Gasteiger partial charge in [-0.15, -0.1) is 0 Å². The van der Waals surface area contributed by atoms with E-state index >= 15 is 0 Å². The van der Waals surface area contributed by atoms with Crippen LogP contribution in [0.2, 0.25) is 0 Å². The SMILES string of the molecule is CCNC(=NCc1cc(Br)c(OC)c(OC)c1)NC(C)COC. The van der Waals surface area contributed by atoms with E-state index in [-0.39, 0.29) is 6.04 Å². The van der Waals surface area contributed by atoms with Gasteiger partial charge in [0, 0.05) is 19.7 Å². The maximum Gasteiger partial charge on any atom is 0.191 e. The number of hydrogen-bond donors (Lipinski definition) is 2. The van der Waals surface area contributed by atoms with Gasteiger partial charge in [0.15, 0.2) is 17.5 Å². The fourth-order valence-electron chi connectivity index (χ4n) is 2.08. The van der Waals surface area contributed by atoms with E-state index in [9.17, 15) is 0 Å². The Balaban J connectivity index is 2.88. The summed E-state index contributed by atoms with van der Waals surface area (Å²) in [5.41, 5.74) is 1.02. The smallest absolute Gasteiger partial charge is 0.191 e. The zero-order chi connectivity index (χ0) is 17.2. The van der Waals surface area contributed by atoms with Crippen LogP contribution in [0.4, 0.5) is 0 Å². The van der Waals surface area contributed by atoms with Crippen LogP contribution in [0.1, 0.15) is 19.4 Å². The Morgan fingerprint density at radius 3 is 2.57 bits per heavy atom. The van der Waals surface area contributed by atoms with Crippen molar-refractivity contribution >= 4 is 21.9 Å². The number of rotatable bonds is 8. The second-order valence-corrected chi connectivity index (χ2v) is 5.86. The number of nitrogens with zero attached hydrogens (tertiary/aromatic N) is 1. The van der Waals surface area contributed by atoms with Gasteiger partial charge in [-0.3, -0.25) is 0 Å². The highest BCUT2D eigenvalue weighted by atomic mass is 79.9. The van der Waals surface area contributed by atoms with Crippen LogP contribution in [0, 0.1) is 0 Å². The lowest BCUT2D eigenvalue weighted by molar-refractivity contribution is 0.179. The highest BCUT2D eigenvalue weighted by molar-refractivity contribution is 9.10. The maximum absolute atomic E-state index is 5.36. The van der Waals surface area contributed by atoms with Gasteiger partial charge in [-0.05, 0) is 47.5 Å². The number of ether oxygens (including phenoxy) is 3. The Morgan fingerprint density at radius 1 is 1.26 bits per heavy atom. The number of aliphatic imine (C=N–C) groups is 1. The molecule has 0 saturated heterocycles. The molecule has 0 aliphatic rings. The van der Waals surface area contributed by atoms with Gasteiger partial charge in [0.1, 0.15) is 0 Å². The number of benzene rings is 1. The molecule has 0 aliphatic carbocycles. The molecule has 2 N–H and O–H groups in total. The molecule has 1 atom stereocenters. The number of hydrogen-bond acceptors (Lipinski definition) is 4. The quantitative estimate of drug-likeness (QED) is 0.530. The van der Waals surface area contributed by atoms with Crippen molar-refractivity contribution in [1.82, 2.24) is 10.6 Å². The molecule has 0 amide bonds. The fraction of sp³-hybridized carbons (Fsp3) is 0.562. The first-order valence-electron chi connectivity index (χ1n) is 7.49. The largest absolute Gasteiger partial charge is 0.493 e. The van der Waals surface area contributed by atoms with E-state index < -0.39 is 0 Å². The molecule has 6 nitrogen and oxygen atoms in total. The van der Waals surface area contributed by atoms with Crippen molar-refractivity contribution in [3.63, 3.8) is 0 Å². The summed E-state index contributed by atoms with van der Waals surface area (Å²) in [5.74, 6) is 2.11. The van der Waals surface area contributed by atoms with Gasteiger partial charge < -0.3 is 24.8 Å². The van der Waals surface area contributed by atoms with E-state index in [2.05, 4.69) is 31.6 Å². The van der Waals surface area contributed by atoms with E-state index in [1.54, 1.807) is 21.3 Å². The molecule has 1 unspecified atom stereocenters. The third-order valence-corrected chi connectivity index (χ3v) is 3.65. The predicted molar refractivity (Wildman–Crippen MR) is 96.5 cm³/mol. The van der Waals surface area contributed by atoms with Crippen LogP contribution in [-0.2, 0) is 11.3 Å². The molecule has 0 heterocycles. The summed E-state index contributed by atoms with van der Waals surface area (Å²) >= 11 is 3.50. The summed E-state index contributed by atoms with van der Waals surface area (Å²) in [6, 6.07) is 4.08. The topological polar surface area (TPSA) is 64.1 Å². The van der Waals surface area contributed by atoms with E-state index in [0.29, 0.717) is 24.7 Å². The van der Waals surface area contributed by atoms with E-state index in [1.807, 2.05) is 26.0 Å². The molecule has 130 valence electrons. The lowest BCUT2D eigenvalue weighted by Gasteiger charge is -2.17. The predicted octanol–water partition coefficient (Wildman–Crippen LogP) is 2.56. The summed E-state index contributed by atoms with van der Waals surface area (Å²) in [6.45, 7) is 6.01. The van der Waals surface area contributed by atoms with Crippen molar-refractivity contribution in [2.75, 3.05) is 34.5 Å². The molecular formula is C16H26BrN3O3. The Kier molecular flexibility index (Phi) is 8.79. The molecule has 0 aliphatic heterocycles. The van der Waals surface area contributed by atoms with Crippen molar-refractivity contribution in [1.29, 1.82) is 0 Å². The summed E-state index contributed by atoms with van der Waals surface area (Å²) in [6.07, 6.45) is 0. The number of guanidine groups is 1. The van der Waals surface area contributed by atoms with Gasteiger partial charge in [-0.25, -0.2) is 4.99 Å². The Morgan fingerprint density at radius 2 is 2.00 bits per heavy atom. The van der Waals surface area contributed by atoms with Crippen molar-refractivity contribution in [2.24, 2.45) is 4.99 Å². The zero-order valence-electron chi connectivity index (χ0n) is 14.4. The van der Waals surface area contributed by atoms with Gasteiger partial charge in [-0.2, -0.15) is 0 Å².